The molecule has 3 aliphatic heterocycles. The second-order valence-electron chi connectivity index (χ2n) is 7.10. The van der Waals surface area contributed by atoms with Gasteiger partial charge in [0.15, 0.2) is 0 Å². The zero-order valence-electron chi connectivity index (χ0n) is 14.0. The van der Waals surface area contributed by atoms with Crippen LogP contribution in [0.1, 0.15) is 18.4 Å². The lowest BCUT2D eigenvalue weighted by Gasteiger charge is -2.36. The molecule has 0 spiro atoms. The van der Waals surface area contributed by atoms with Gasteiger partial charge in [-0.2, -0.15) is 0 Å². The fourth-order valence-corrected chi connectivity index (χ4v) is 4.18. The van der Waals surface area contributed by atoms with Crippen LogP contribution in [-0.2, 0) is 20.9 Å². The average Bonchev–Trinajstić information content (AvgIpc) is 3.05. The van der Waals surface area contributed by atoms with Crippen molar-refractivity contribution in [2.24, 2.45) is 17.8 Å². The SMILES string of the molecule is O=C([C@@H]1COC[C@@H]2CN(Cc3ccncc3)C[C@@H]21)N1CCCCO1. The number of likely N-dealkylation sites (tertiary alicyclic amines) is 1. The summed E-state index contributed by atoms with van der Waals surface area (Å²) in [4.78, 5) is 24.9. The van der Waals surface area contributed by atoms with Gasteiger partial charge in [0.2, 0.25) is 0 Å². The quantitative estimate of drug-likeness (QED) is 0.836. The van der Waals surface area contributed by atoms with Gasteiger partial charge in [0.05, 0.1) is 25.7 Å². The van der Waals surface area contributed by atoms with Gasteiger partial charge in [-0.25, -0.2) is 5.06 Å². The monoisotopic (exact) mass is 331 g/mol. The summed E-state index contributed by atoms with van der Waals surface area (Å²) in [6, 6.07) is 4.12. The maximum Gasteiger partial charge on any atom is 0.251 e. The molecule has 0 aromatic carbocycles. The smallest absolute Gasteiger partial charge is 0.251 e. The van der Waals surface area contributed by atoms with E-state index in [2.05, 4.69) is 22.0 Å². The second kappa shape index (κ2) is 7.17. The van der Waals surface area contributed by atoms with Crippen molar-refractivity contribution >= 4 is 5.91 Å². The molecular weight excluding hydrogens is 306 g/mol. The van der Waals surface area contributed by atoms with E-state index in [0.717, 1.165) is 39.1 Å². The molecule has 4 rings (SSSR count). The Balaban J connectivity index is 1.41. The Hall–Kier alpha value is -1.50. The Morgan fingerprint density at radius 3 is 2.88 bits per heavy atom. The molecule has 1 amide bonds. The lowest BCUT2D eigenvalue weighted by atomic mass is 9.82. The molecule has 3 atom stereocenters. The van der Waals surface area contributed by atoms with E-state index in [0.29, 0.717) is 31.6 Å². The number of carbonyl (C=O) groups excluding carboxylic acids is 1. The molecule has 130 valence electrons. The summed E-state index contributed by atoms with van der Waals surface area (Å²) in [5.74, 6) is 0.873. The van der Waals surface area contributed by atoms with E-state index in [1.54, 1.807) is 5.06 Å². The Morgan fingerprint density at radius 2 is 2.08 bits per heavy atom. The van der Waals surface area contributed by atoms with Crippen molar-refractivity contribution in [3.8, 4) is 0 Å². The molecule has 6 heteroatoms. The van der Waals surface area contributed by atoms with E-state index in [9.17, 15) is 4.79 Å². The van der Waals surface area contributed by atoms with E-state index >= 15 is 0 Å². The van der Waals surface area contributed by atoms with Gasteiger partial charge >= 0.3 is 0 Å². The molecule has 0 aliphatic carbocycles. The molecule has 3 saturated heterocycles. The van der Waals surface area contributed by atoms with E-state index in [1.807, 2.05) is 12.4 Å². The highest BCUT2D eigenvalue weighted by atomic mass is 16.7. The van der Waals surface area contributed by atoms with Gasteiger partial charge < -0.3 is 4.74 Å². The molecule has 24 heavy (non-hydrogen) atoms. The van der Waals surface area contributed by atoms with Crippen LogP contribution in [0, 0.1) is 17.8 Å². The normalized spacial score (nSPS) is 31.0. The van der Waals surface area contributed by atoms with E-state index in [4.69, 9.17) is 9.57 Å². The van der Waals surface area contributed by atoms with Crippen LogP contribution < -0.4 is 0 Å². The molecule has 1 aromatic heterocycles. The third kappa shape index (κ3) is 3.31. The van der Waals surface area contributed by atoms with Gasteiger partial charge in [-0.05, 0) is 42.4 Å². The molecular formula is C18H25N3O3. The molecule has 0 radical (unpaired) electrons. The number of amides is 1. The second-order valence-corrected chi connectivity index (χ2v) is 7.10. The molecule has 0 unspecified atom stereocenters. The zero-order chi connectivity index (χ0) is 16.4. The fourth-order valence-electron chi connectivity index (χ4n) is 4.18. The predicted octanol–water partition coefficient (Wildman–Crippen LogP) is 1.33. The summed E-state index contributed by atoms with van der Waals surface area (Å²) < 4.78 is 5.77. The number of ether oxygens (including phenoxy) is 1. The summed E-state index contributed by atoms with van der Waals surface area (Å²) in [6.07, 6.45) is 5.74. The molecule has 0 bridgehead atoms. The molecule has 0 N–H and O–H groups in total. The van der Waals surface area contributed by atoms with Crippen LogP contribution in [0.15, 0.2) is 24.5 Å². The van der Waals surface area contributed by atoms with Gasteiger partial charge in [0.25, 0.3) is 5.91 Å². The van der Waals surface area contributed by atoms with Crippen molar-refractivity contribution in [3.05, 3.63) is 30.1 Å². The first-order valence-corrected chi connectivity index (χ1v) is 8.94. The van der Waals surface area contributed by atoms with Crippen molar-refractivity contribution in [3.63, 3.8) is 0 Å². The largest absolute Gasteiger partial charge is 0.380 e. The minimum atomic E-state index is -0.0655. The summed E-state index contributed by atoms with van der Waals surface area (Å²) in [6.45, 7) is 5.54. The topological polar surface area (TPSA) is 54.9 Å². The molecule has 1 aromatic rings. The maximum atomic E-state index is 12.9. The standard InChI is InChI=1S/C18H25N3O3/c22-18(21-7-1-2-8-24-21)17-13-23-12-15-10-20(11-16(15)17)9-14-3-5-19-6-4-14/h3-6,15-17H,1-2,7-13H2/t15-,16-,17+/m0/s1. The number of carbonyl (C=O) groups is 1. The van der Waals surface area contributed by atoms with Crippen molar-refractivity contribution in [1.29, 1.82) is 0 Å². The third-order valence-electron chi connectivity index (χ3n) is 5.43. The van der Waals surface area contributed by atoms with Gasteiger partial charge in [-0.15, -0.1) is 0 Å². The van der Waals surface area contributed by atoms with Crippen LogP contribution in [0.3, 0.4) is 0 Å². The minimum absolute atomic E-state index is 0.0655. The minimum Gasteiger partial charge on any atom is -0.380 e. The average molecular weight is 331 g/mol. The predicted molar refractivity (Wildman–Crippen MR) is 87.7 cm³/mol. The summed E-state index contributed by atoms with van der Waals surface area (Å²) >= 11 is 0. The third-order valence-corrected chi connectivity index (χ3v) is 5.43. The number of rotatable bonds is 3. The van der Waals surface area contributed by atoms with Crippen molar-refractivity contribution in [2.75, 3.05) is 39.5 Å². The molecule has 0 saturated carbocycles. The molecule has 4 heterocycles. The Bertz CT molecular complexity index is 562. The highest BCUT2D eigenvalue weighted by molar-refractivity contribution is 5.78. The van der Waals surface area contributed by atoms with Crippen LogP contribution in [0.25, 0.3) is 0 Å². The summed E-state index contributed by atoms with van der Waals surface area (Å²) in [7, 11) is 0. The van der Waals surface area contributed by atoms with Crippen LogP contribution in [0.2, 0.25) is 0 Å². The number of pyridine rings is 1. The van der Waals surface area contributed by atoms with E-state index < -0.39 is 0 Å². The Morgan fingerprint density at radius 1 is 1.21 bits per heavy atom. The van der Waals surface area contributed by atoms with Gasteiger partial charge in [0.1, 0.15) is 0 Å². The van der Waals surface area contributed by atoms with Crippen molar-refractivity contribution in [1.82, 2.24) is 14.9 Å². The molecule has 3 fully saturated rings. The summed E-state index contributed by atoms with van der Waals surface area (Å²) in [5.41, 5.74) is 1.27. The Kier molecular flexibility index (Phi) is 4.78. The number of hydrogen-bond acceptors (Lipinski definition) is 5. The fraction of sp³-hybridized carbons (Fsp3) is 0.667. The van der Waals surface area contributed by atoms with Crippen LogP contribution >= 0.6 is 0 Å². The lowest BCUT2D eigenvalue weighted by Crippen LogP contribution is -2.47. The first-order valence-electron chi connectivity index (χ1n) is 8.94. The van der Waals surface area contributed by atoms with E-state index in [-0.39, 0.29) is 11.8 Å². The van der Waals surface area contributed by atoms with Gasteiger partial charge in [-0.3, -0.25) is 19.5 Å². The van der Waals surface area contributed by atoms with Crippen LogP contribution in [-0.4, -0.2) is 60.3 Å². The zero-order valence-corrected chi connectivity index (χ0v) is 14.0. The first-order chi connectivity index (χ1) is 11.8. The number of fused-ring (bicyclic) bond motifs is 1. The maximum absolute atomic E-state index is 12.9. The highest BCUT2D eigenvalue weighted by Gasteiger charge is 2.45. The van der Waals surface area contributed by atoms with Gasteiger partial charge in [-0.1, -0.05) is 0 Å². The highest BCUT2D eigenvalue weighted by Crippen LogP contribution is 2.36. The molecule has 3 aliphatic rings. The number of hydrogen-bond donors (Lipinski definition) is 0. The van der Waals surface area contributed by atoms with E-state index in [1.165, 1.54) is 5.56 Å². The van der Waals surface area contributed by atoms with Crippen LogP contribution in [0.5, 0.6) is 0 Å². The van der Waals surface area contributed by atoms with Gasteiger partial charge in [0, 0.05) is 38.6 Å². The number of nitrogens with zero attached hydrogens (tertiary/aromatic N) is 3. The van der Waals surface area contributed by atoms with Crippen molar-refractivity contribution < 1.29 is 14.4 Å². The molecule has 6 nitrogen and oxygen atoms in total. The van der Waals surface area contributed by atoms with Crippen molar-refractivity contribution in [2.45, 2.75) is 19.4 Å². The first kappa shape index (κ1) is 16.0. The number of hydroxylamine groups is 2. The van der Waals surface area contributed by atoms with Crippen LogP contribution in [0.4, 0.5) is 0 Å². The number of aromatic nitrogens is 1. The summed E-state index contributed by atoms with van der Waals surface area (Å²) in [5, 5.41) is 1.59. The Labute approximate surface area is 142 Å². The lowest BCUT2D eigenvalue weighted by molar-refractivity contribution is -0.207.